The predicted molar refractivity (Wildman–Crippen MR) is 94.7 cm³/mol. The Hall–Kier alpha value is -2.18. The highest BCUT2D eigenvalue weighted by Crippen LogP contribution is 2.15. The van der Waals surface area contributed by atoms with Crippen molar-refractivity contribution in [3.63, 3.8) is 0 Å². The molecule has 0 aliphatic carbocycles. The molecule has 7 heteroatoms. The molecule has 3 N–H and O–H groups in total. The Morgan fingerprint density at radius 1 is 1.29 bits per heavy atom. The molecule has 0 aliphatic rings. The maximum Gasteiger partial charge on any atom is 0.254 e. The summed E-state index contributed by atoms with van der Waals surface area (Å²) in [4.78, 5) is 20.8. The molecule has 1 atom stereocenters. The molecule has 7 nitrogen and oxygen atoms in total. The van der Waals surface area contributed by atoms with Crippen LogP contribution in [-0.4, -0.2) is 32.0 Å². The summed E-state index contributed by atoms with van der Waals surface area (Å²) in [5, 5.41) is 7.19. The summed E-state index contributed by atoms with van der Waals surface area (Å²) < 4.78 is 1.60. The number of nitrogens with one attached hydrogen (secondary N) is 1. The van der Waals surface area contributed by atoms with Crippen molar-refractivity contribution in [1.82, 2.24) is 24.9 Å². The first-order valence-corrected chi connectivity index (χ1v) is 8.71. The summed E-state index contributed by atoms with van der Waals surface area (Å²) in [7, 11) is 0. The number of hydrogen-bond acceptors (Lipinski definition) is 5. The molecule has 0 aromatic carbocycles. The predicted octanol–water partition coefficient (Wildman–Crippen LogP) is 2.20. The summed E-state index contributed by atoms with van der Waals surface area (Å²) in [6, 6.07) is 0. The number of unbranched alkanes of at least 4 members (excludes halogenated alkanes) is 1. The van der Waals surface area contributed by atoms with Crippen LogP contribution in [-0.2, 0) is 11.2 Å². The average molecular weight is 332 g/mol. The van der Waals surface area contributed by atoms with Crippen LogP contribution in [0.15, 0.2) is 0 Å². The van der Waals surface area contributed by atoms with Gasteiger partial charge in [0.25, 0.3) is 5.78 Å². The van der Waals surface area contributed by atoms with E-state index in [1.54, 1.807) is 4.52 Å². The van der Waals surface area contributed by atoms with Crippen LogP contribution in [0.3, 0.4) is 0 Å². The zero-order valence-electron chi connectivity index (χ0n) is 15.1. The molecule has 24 heavy (non-hydrogen) atoms. The molecule has 2 heterocycles. The molecule has 2 rings (SSSR count). The van der Waals surface area contributed by atoms with E-state index >= 15 is 0 Å². The van der Waals surface area contributed by atoms with E-state index in [0.717, 1.165) is 36.3 Å². The maximum atomic E-state index is 12.3. The van der Waals surface area contributed by atoms with Gasteiger partial charge in [-0.25, -0.2) is 4.98 Å². The van der Waals surface area contributed by atoms with Gasteiger partial charge in [-0.15, -0.1) is 5.10 Å². The number of aryl methyl sites for hydroxylation is 2. The summed E-state index contributed by atoms with van der Waals surface area (Å²) in [5.41, 5.74) is 8.16. The van der Waals surface area contributed by atoms with Crippen molar-refractivity contribution < 1.29 is 4.79 Å². The number of nitrogen functional groups attached to an aromatic ring is 1. The third-order valence-electron chi connectivity index (χ3n) is 4.53. The second-order valence-electron chi connectivity index (χ2n) is 6.34. The van der Waals surface area contributed by atoms with Crippen LogP contribution in [0.4, 0.5) is 5.95 Å². The third-order valence-corrected chi connectivity index (χ3v) is 4.53. The normalized spacial score (nSPS) is 12.5. The van der Waals surface area contributed by atoms with Crippen LogP contribution in [0.5, 0.6) is 0 Å². The molecule has 0 spiro atoms. The van der Waals surface area contributed by atoms with Crippen molar-refractivity contribution in [3.8, 4) is 0 Å². The Balaban J connectivity index is 2.04. The SMILES string of the molecule is CCCCC(CC)CNC(=O)Cc1c(C)nc2nc(N)nn2c1C. The number of carbonyl (C=O) groups is 1. The molecule has 0 saturated heterocycles. The lowest BCUT2D eigenvalue weighted by molar-refractivity contribution is -0.120. The Kier molecular flexibility index (Phi) is 6.11. The van der Waals surface area contributed by atoms with Crippen LogP contribution in [0.1, 0.15) is 56.5 Å². The van der Waals surface area contributed by atoms with E-state index in [4.69, 9.17) is 5.73 Å². The van der Waals surface area contributed by atoms with Crippen molar-refractivity contribution in [3.05, 3.63) is 17.0 Å². The molecule has 1 amide bonds. The highest BCUT2D eigenvalue weighted by atomic mass is 16.1. The molecule has 2 aromatic heterocycles. The van der Waals surface area contributed by atoms with Crippen LogP contribution in [0.2, 0.25) is 0 Å². The van der Waals surface area contributed by atoms with Gasteiger partial charge in [-0.1, -0.05) is 33.1 Å². The fourth-order valence-electron chi connectivity index (χ4n) is 2.90. The Bertz CT molecular complexity index is 709. The minimum atomic E-state index is 0.0189. The Labute approximate surface area is 143 Å². The summed E-state index contributed by atoms with van der Waals surface area (Å²) >= 11 is 0. The van der Waals surface area contributed by atoms with Crippen molar-refractivity contribution in [2.75, 3.05) is 12.3 Å². The molecule has 1 unspecified atom stereocenters. The first-order valence-electron chi connectivity index (χ1n) is 8.71. The molecule has 2 aromatic rings. The van der Waals surface area contributed by atoms with Crippen LogP contribution in [0.25, 0.3) is 5.78 Å². The molecule has 0 radical (unpaired) electrons. The number of rotatable bonds is 8. The molecular weight excluding hydrogens is 304 g/mol. The zero-order chi connectivity index (χ0) is 17.7. The molecular formula is C17H28N6O. The second-order valence-corrected chi connectivity index (χ2v) is 6.34. The minimum Gasteiger partial charge on any atom is -0.366 e. The Morgan fingerprint density at radius 3 is 2.71 bits per heavy atom. The topological polar surface area (TPSA) is 98.2 Å². The molecule has 0 fully saturated rings. The van der Waals surface area contributed by atoms with E-state index in [-0.39, 0.29) is 11.9 Å². The van der Waals surface area contributed by atoms with Gasteiger partial charge in [0.2, 0.25) is 11.9 Å². The number of amides is 1. The number of nitrogens with two attached hydrogens (primary N) is 1. The standard InChI is InChI=1S/C17H28N6O/c1-5-7-8-13(6-2)10-19-15(24)9-14-11(3)20-17-21-16(18)22-23(17)12(14)4/h13H,5-10H2,1-4H3,(H2,18,22)(H,19,24). The van der Waals surface area contributed by atoms with Gasteiger partial charge in [0.05, 0.1) is 6.42 Å². The van der Waals surface area contributed by atoms with Gasteiger partial charge in [0, 0.05) is 23.5 Å². The monoisotopic (exact) mass is 332 g/mol. The fraction of sp³-hybridized carbons (Fsp3) is 0.647. The van der Waals surface area contributed by atoms with Crippen molar-refractivity contribution in [1.29, 1.82) is 0 Å². The molecule has 0 bridgehead atoms. The van der Waals surface area contributed by atoms with Crippen LogP contribution >= 0.6 is 0 Å². The van der Waals surface area contributed by atoms with Gasteiger partial charge in [-0.05, 0) is 26.2 Å². The van der Waals surface area contributed by atoms with Crippen LogP contribution < -0.4 is 11.1 Å². The second kappa shape index (κ2) is 8.08. The summed E-state index contributed by atoms with van der Waals surface area (Å²) in [5.74, 6) is 1.22. The summed E-state index contributed by atoms with van der Waals surface area (Å²) in [6.07, 6.45) is 4.95. The number of anilines is 1. The first kappa shape index (κ1) is 18.2. The van der Waals surface area contributed by atoms with Gasteiger partial charge in [0.15, 0.2) is 0 Å². The number of aromatic nitrogens is 4. The van der Waals surface area contributed by atoms with Gasteiger partial charge in [-0.3, -0.25) is 4.79 Å². The third kappa shape index (κ3) is 4.21. The van der Waals surface area contributed by atoms with E-state index in [1.807, 2.05) is 13.8 Å². The quantitative estimate of drug-likeness (QED) is 0.772. The van der Waals surface area contributed by atoms with Crippen molar-refractivity contribution in [2.24, 2.45) is 5.92 Å². The lowest BCUT2D eigenvalue weighted by atomic mass is 9.99. The lowest BCUT2D eigenvalue weighted by Crippen LogP contribution is -2.31. The highest BCUT2D eigenvalue weighted by molar-refractivity contribution is 5.79. The van der Waals surface area contributed by atoms with Gasteiger partial charge in [0.1, 0.15) is 0 Å². The minimum absolute atomic E-state index is 0.0189. The average Bonchev–Trinajstić information content (AvgIpc) is 2.92. The largest absolute Gasteiger partial charge is 0.366 e. The van der Waals surface area contributed by atoms with Gasteiger partial charge in [-0.2, -0.15) is 9.50 Å². The molecule has 132 valence electrons. The lowest BCUT2D eigenvalue weighted by Gasteiger charge is -2.16. The van der Waals surface area contributed by atoms with E-state index < -0.39 is 0 Å². The van der Waals surface area contributed by atoms with E-state index in [9.17, 15) is 4.79 Å². The number of fused-ring (bicyclic) bond motifs is 1. The smallest absolute Gasteiger partial charge is 0.254 e. The Morgan fingerprint density at radius 2 is 2.04 bits per heavy atom. The fourth-order valence-corrected chi connectivity index (χ4v) is 2.90. The van der Waals surface area contributed by atoms with Crippen LogP contribution in [0, 0.1) is 19.8 Å². The molecule has 0 aliphatic heterocycles. The summed E-state index contributed by atoms with van der Waals surface area (Å²) in [6.45, 7) is 8.90. The number of nitrogens with zero attached hydrogens (tertiary/aromatic N) is 4. The van der Waals surface area contributed by atoms with Crippen molar-refractivity contribution >= 4 is 17.6 Å². The zero-order valence-corrected chi connectivity index (χ0v) is 15.1. The van der Waals surface area contributed by atoms with E-state index in [1.165, 1.54) is 12.8 Å². The first-order chi connectivity index (χ1) is 11.5. The van der Waals surface area contributed by atoms with Crippen molar-refractivity contribution in [2.45, 2.75) is 59.8 Å². The highest BCUT2D eigenvalue weighted by Gasteiger charge is 2.16. The van der Waals surface area contributed by atoms with E-state index in [0.29, 0.717) is 18.1 Å². The maximum absolute atomic E-state index is 12.3. The number of hydrogen-bond donors (Lipinski definition) is 2. The van der Waals surface area contributed by atoms with Gasteiger partial charge >= 0.3 is 0 Å². The molecule has 0 saturated carbocycles. The number of carbonyl (C=O) groups excluding carboxylic acids is 1. The van der Waals surface area contributed by atoms with E-state index in [2.05, 4.69) is 34.2 Å². The van der Waals surface area contributed by atoms with Gasteiger partial charge < -0.3 is 11.1 Å².